The topological polar surface area (TPSA) is 134 Å². The standard InChI is InChI=1S/C12H16N2O7S/c1-20-7(16)2-5-3-14(12(22)13-10(5)19)11-9(18)8(17)6(4-15)21-11/h3,6,8-9,11,15,17-18H,2,4H2,1H3,(H,13,19,22)/t6-,8-,9-,11+/m1/s1. The molecule has 1 aromatic heterocycles. The molecule has 22 heavy (non-hydrogen) atoms. The predicted molar refractivity (Wildman–Crippen MR) is 74.6 cm³/mol. The van der Waals surface area contributed by atoms with Gasteiger partial charge in [0.1, 0.15) is 18.3 Å². The minimum Gasteiger partial charge on any atom is -0.469 e. The van der Waals surface area contributed by atoms with Crippen molar-refractivity contribution >= 4 is 18.2 Å². The number of nitrogens with one attached hydrogen (secondary N) is 1. The van der Waals surface area contributed by atoms with E-state index >= 15 is 0 Å². The lowest BCUT2D eigenvalue weighted by molar-refractivity contribution is -0.139. The van der Waals surface area contributed by atoms with Crippen LogP contribution in [0.25, 0.3) is 0 Å². The highest BCUT2D eigenvalue weighted by Crippen LogP contribution is 2.29. The first kappa shape index (κ1) is 16.8. The number of hydrogen-bond acceptors (Lipinski definition) is 8. The van der Waals surface area contributed by atoms with Crippen LogP contribution >= 0.6 is 12.2 Å². The number of aromatic amines is 1. The van der Waals surface area contributed by atoms with Gasteiger partial charge in [0, 0.05) is 11.8 Å². The number of H-pyrrole nitrogens is 1. The molecule has 9 nitrogen and oxygen atoms in total. The van der Waals surface area contributed by atoms with E-state index < -0.39 is 42.7 Å². The first-order valence-corrected chi connectivity index (χ1v) is 6.83. The first-order chi connectivity index (χ1) is 10.4. The van der Waals surface area contributed by atoms with Crippen LogP contribution < -0.4 is 5.56 Å². The molecule has 0 spiro atoms. The van der Waals surface area contributed by atoms with Gasteiger partial charge in [-0.25, -0.2) is 0 Å². The summed E-state index contributed by atoms with van der Waals surface area (Å²) in [5, 5.41) is 28.8. The van der Waals surface area contributed by atoms with E-state index in [0.717, 1.165) is 0 Å². The Morgan fingerprint density at radius 2 is 2.18 bits per heavy atom. The Bertz CT molecular complexity index is 670. The highest BCUT2D eigenvalue weighted by atomic mass is 32.1. The highest BCUT2D eigenvalue weighted by molar-refractivity contribution is 7.71. The van der Waals surface area contributed by atoms with Gasteiger partial charge >= 0.3 is 5.97 Å². The van der Waals surface area contributed by atoms with Crippen molar-refractivity contribution in [3.63, 3.8) is 0 Å². The second-order valence-electron chi connectivity index (χ2n) is 4.80. The monoisotopic (exact) mass is 332 g/mol. The summed E-state index contributed by atoms with van der Waals surface area (Å²) in [4.78, 5) is 25.5. The van der Waals surface area contributed by atoms with E-state index in [-0.39, 0.29) is 16.8 Å². The summed E-state index contributed by atoms with van der Waals surface area (Å²) in [6, 6.07) is 0. The van der Waals surface area contributed by atoms with Crippen molar-refractivity contribution in [1.82, 2.24) is 9.55 Å². The Balaban J connectivity index is 2.39. The summed E-state index contributed by atoms with van der Waals surface area (Å²) < 4.78 is 11.0. The molecular weight excluding hydrogens is 316 g/mol. The van der Waals surface area contributed by atoms with Gasteiger partial charge in [0.25, 0.3) is 5.56 Å². The molecule has 10 heteroatoms. The van der Waals surface area contributed by atoms with Crippen molar-refractivity contribution in [2.24, 2.45) is 0 Å². The van der Waals surface area contributed by atoms with Gasteiger partial charge in [-0.1, -0.05) is 0 Å². The average molecular weight is 332 g/mol. The molecule has 0 unspecified atom stereocenters. The molecule has 0 aliphatic carbocycles. The van der Waals surface area contributed by atoms with Crippen molar-refractivity contribution in [2.75, 3.05) is 13.7 Å². The Morgan fingerprint density at radius 3 is 2.73 bits per heavy atom. The zero-order valence-corrected chi connectivity index (χ0v) is 12.4. The maximum atomic E-state index is 11.8. The minimum absolute atomic E-state index is 0.0477. The quantitative estimate of drug-likeness (QED) is 0.376. The first-order valence-electron chi connectivity index (χ1n) is 6.42. The Labute approximate surface area is 129 Å². The van der Waals surface area contributed by atoms with Gasteiger partial charge in [-0.15, -0.1) is 0 Å². The third kappa shape index (κ3) is 3.10. The van der Waals surface area contributed by atoms with E-state index in [1.807, 2.05) is 0 Å². The highest BCUT2D eigenvalue weighted by Gasteiger charge is 2.43. The fourth-order valence-corrected chi connectivity index (χ4v) is 2.43. The minimum atomic E-state index is -1.35. The second-order valence-corrected chi connectivity index (χ2v) is 5.19. The normalized spacial score (nSPS) is 27.8. The van der Waals surface area contributed by atoms with Crippen LogP contribution in [0.1, 0.15) is 11.8 Å². The molecule has 0 bridgehead atoms. The fourth-order valence-electron chi connectivity index (χ4n) is 2.18. The molecule has 1 aliphatic heterocycles. The summed E-state index contributed by atoms with van der Waals surface area (Å²) in [6.07, 6.45) is -3.73. The number of methoxy groups -OCH3 is 1. The molecule has 1 aliphatic rings. The number of hydrogen-bond donors (Lipinski definition) is 4. The van der Waals surface area contributed by atoms with Crippen LogP contribution in [0.5, 0.6) is 0 Å². The van der Waals surface area contributed by atoms with Crippen molar-refractivity contribution in [1.29, 1.82) is 0 Å². The molecule has 1 aromatic rings. The zero-order valence-electron chi connectivity index (χ0n) is 11.6. The van der Waals surface area contributed by atoms with Crippen molar-refractivity contribution in [2.45, 2.75) is 31.0 Å². The van der Waals surface area contributed by atoms with Crippen LogP contribution in [0.15, 0.2) is 11.0 Å². The molecule has 0 radical (unpaired) electrons. The second kappa shape index (κ2) is 6.67. The van der Waals surface area contributed by atoms with Crippen LogP contribution in [0, 0.1) is 4.77 Å². The fraction of sp³-hybridized carbons (Fsp3) is 0.583. The molecule has 4 N–H and O–H groups in total. The molecule has 2 heterocycles. The number of aliphatic hydroxyl groups excluding tert-OH is 3. The van der Waals surface area contributed by atoms with Gasteiger partial charge in [0.2, 0.25) is 0 Å². The van der Waals surface area contributed by atoms with Crippen molar-refractivity contribution in [3.05, 3.63) is 26.9 Å². The molecule has 0 saturated carbocycles. The molecule has 122 valence electrons. The van der Waals surface area contributed by atoms with Gasteiger partial charge in [-0.3, -0.25) is 19.1 Å². The van der Waals surface area contributed by atoms with E-state index in [1.165, 1.54) is 17.9 Å². The summed E-state index contributed by atoms with van der Waals surface area (Å²) >= 11 is 5.00. The lowest BCUT2D eigenvalue weighted by Crippen LogP contribution is -2.33. The largest absolute Gasteiger partial charge is 0.469 e. The van der Waals surface area contributed by atoms with Crippen molar-refractivity contribution in [3.8, 4) is 0 Å². The summed E-state index contributed by atoms with van der Waals surface area (Å²) in [6.45, 7) is -0.486. The summed E-state index contributed by atoms with van der Waals surface area (Å²) in [7, 11) is 1.19. The van der Waals surface area contributed by atoms with Crippen LogP contribution in [0.3, 0.4) is 0 Å². The Morgan fingerprint density at radius 1 is 1.50 bits per heavy atom. The van der Waals surface area contributed by atoms with Gasteiger partial charge in [0.15, 0.2) is 11.0 Å². The van der Waals surface area contributed by atoms with Gasteiger partial charge in [0.05, 0.1) is 20.1 Å². The Kier molecular flexibility index (Phi) is 5.08. The lowest BCUT2D eigenvalue weighted by Gasteiger charge is -2.19. The molecule has 2 rings (SSSR count). The number of esters is 1. The summed E-state index contributed by atoms with van der Waals surface area (Å²) in [5.74, 6) is -0.615. The van der Waals surface area contributed by atoms with Gasteiger partial charge in [-0.05, 0) is 12.2 Å². The van der Waals surface area contributed by atoms with Crippen LogP contribution in [-0.4, -0.2) is 62.9 Å². The molecular formula is C12H16N2O7S. The molecule has 1 fully saturated rings. The molecule has 1 saturated heterocycles. The molecule has 4 atom stereocenters. The third-order valence-corrected chi connectivity index (χ3v) is 3.71. The maximum Gasteiger partial charge on any atom is 0.310 e. The van der Waals surface area contributed by atoms with E-state index in [4.69, 9.17) is 22.1 Å². The van der Waals surface area contributed by atoms with Crippen LogP contribution in [0.2, 0.25) is 0 Å². The number of carbonyl (C=O) groups is 1. The Hall–Kier alpha value is -1.59. The van der Waals surface area contributed by atoms with Gasteiger partial charge in [-0.2, -0.15) is 0 Å². The lowest BCUT2D eigenvalue weighted by atomic mass is 10.1. The molecule has 0 amide bonds. The van der Waals surface area contributed by atoms with E-state index in [1.54, 1.807) is 0 Å². The number of aromatic nitrogens is 2. The van der Waals surface area contributed by atoms with E-state index in [2.05, 4.69) is 9.72 Å². The maximum absolute atomic E-state index is 11.8. The van der Waals surface area contributed by atoms with E-state index in [9.17, 15) is 19.8 Å². The van der Waals surface area contributed by atoms with Gasteiger partial charge < -0.3 is 24.8 Å². The predicted octanol–water partition coefficient (Wildman–Crippen LogP) is -1.77. The number of nitrogens with zero attached hydrogens (tertiary/aromatic N) is 1. The number of carbonyl (C=O) groups excluding carboxylic acids is 1. The SMILES string of the molecule is COC(=O)Cc1cn([C@H]2O[C@H](CO)[C@@H](O)[C@H]2O)c(=S)[nH]c1=O. The van der Waals surface area contributed by atoms with Crippen molar-refractivity contribution < 1.29 is 29.6 Å². The third-order valence-electron chi connectivity index (χ3n) is 3.40. The smallest absolute Gasteiger partial charge is 0.310 e. The summed E-state index contributed by atoms with van der Waals surface area (Å²) in [5.41, 5.74) is -0.489. The van der Waals surface area contributed by atoms with E-state index in [0.29, 0.717) is 0 Å². The number of aliphatic hydroxyl groups is 3. The average Bonchev–Trinajstić information content (AvgIpc) is 2.77. The molecule has 0 aromatic carbocycles. The van der Waals surface area contributed by atoms with Crippen LogP contribution in [0.4, 0.5) is 0 Å². The van der Waals surface area contributed by atoms with Crippen LogP contribution in [-0.2, 0) is 20.7 Å². The number of rotatable bonds is 4. The zero-order chi connectivity index (χ0) is 16.4. The number of ether oxygens (including phenoxy) is 2.